The quantitative estimate of drug-likeness (QED) is 0.692. The van der Waals surface area contributed by atoms with Gasteiger partial charge in [-0.3, -0.25) is 0 Å². The van der Waals surface area contributed by atoms with Gasteiger partial charge in [0.15, 0.2) is 5.82 Å². The van der Waals surface area contributed by atoms with Crippen molar-refractivity contribution in [3.05, 3.63) is 5.82 Å². The summed E-state index contributed by atoms with van der Waals surface area (Å²) in [5.74, 6) is 0.663. The molecule has 1 rings (SSSR count). The molecule has 1 heterocycles. The van der Waals surface area contributed by atoms with E-state index in [1.54, 1.807) is 14.2 Å². The first-order valence-electron chi connectivity index (χ1n) is 4.68. The van der Waals surface area contributed by atoms with Crippen LogP contribution in [-0.4, -0.2) is 39.5 Å². The molecule has 0 spiro atoms. The van der Waals surface area contributed by atoms with Crippen molar-refractivity contribution in [2.45, 2.75) is 31.9 Å². The number of tetrazole rings is 1. The van der Waals surface area contributed by atoms with Gasteiger partial charge in [-0.25, -0.2) is 0 Å². The lowest BCUT2D eigenvalue weighted by atomic mass is 10.1. The van der Waals surface area contributed by atoms with Crippen molar-refractivity contribution in [1.82, 2.24) is 20.2 Å². The minimum Gasteiger partial charge on any atom is -0.380 e. The highest BCUT2D eigenvalue weighted by atomic mass is 16.5. The third kappa shape index (κ3) is 2.74. The highest BCUT2D eigenvalue weighted by molar-refractivity contribution is 4.86. The van der Waals surface area contributed by atoms with E-state index in [1.807, 2.05) is 6.92 Å². The van der Waals surface area contributed by atoms with Crippen LogP contribution in [0.15, 0.2) is 0 Å². The molecule has 0 radical (unpaired) electrons. The standard InChI is InChI=1S/C8H17N5O/c1-4-7(14-3)6(9)5-8-10-12-13(2)11-8/h6-7H,4-5,9H2,1-3H3. The molecule has 0 aliphatic heterocycles. The van der Waals surface area contributed by atoms with Gasteiger partial charge in [-0.1, -0.05) is 6.92 Å². The first kappa shape index (κ1) is 11.1. The van der Waals surface area contributed by atoms with Gasteiger partial charge in [0.05, 0.1) is 13.2 Å². The Balaban J connectivity index is 2.51. The molecule has 0 aliphatic carbocycles. The number of nitrogens with zero attached hydrogens (tertiary/aromatic N) is 4. The Bertz CT molecular complexity index is 270. The number of hydrogen-bond acceptors (Lipinski definition) is 5. The van der Waals surface area contributed by atoms with E-state index in [4.69, 9.17) is 10.5 Å². The summed E-state index contributed by atoms with van der Waals surface area (Å²) in [7, 11) is 3.40. The lowest BCUT2D eigenvalue weighted by Gasteiger charge is -2.19. The van der Waals surface area contributed by atoms with Gasteiger partial charge >= 0.3 is 0 Å². The summed E-state index contributed by atoms with van der Waals surface area (Å²) in [6, 6.07) is -0.0748. The molecule has 0 saturated carbocycles. The van der Waals surface area contributed by atoms with Gasteiger partial charge in [-0.2, -0.15) is 4.80 Å². The SMILES string of the molecule is CCC(OC)C(N)Cc1nnn(C)n1. The third-order valence-electron chi connectivity index (χ3n) is 2.15. The Kier molecular flexibility index (Phi) is 3.97. The van der Waals surface area contributed by atoms with E-state index in [0.29, 0.717) is 12.2 Å². The molecule has 2 atom stereocenters. The van der Waals surface area contributed by atoms with Gasteiger partial charge in [-0.15, -0.1) is 10.2 Å². The van der Waals surface area contributed by atoms with Gasteiger partial charge in [-0.05, 0) is 11.6 Å². The molecule has 2 N–H and O–H groups in total. The molecule has 0 amide bonds. The maximum Gasteiger partial charge on any atom is 0.176 e. The monoisotopic (exact) mass is 199 g/mol. The highest BCUT2D eigenvalue weighted by Gasteiger charge is 2.17. The fourth-order valence-corrected chi connectivity index (χ4v) is 1.39. The van der Waals surface area contributed by atoms with Gasteiger partial charge in [0.25, 0.3) is 0 Å². The van der Waals surface area contributed by atoms with E-state index in [0.717, 1.165) is 6.42 Å². The van der Waals surface area contributed by atoms with Crippen LogP contribution in [0.1, 0.15) is 19.2 Å². The van der Waals surface area contributed by atoms with Crippen LogP contribution in [-0.2, 0) is 18.2 Å². The normalized spacial score (nSPS) is 15.4. The fraction of sp³-hybridized carbons (Fsp3) is 0.875. The zero-order chi connectivity index (χ0) is 10.6. The first-order valence-corrected chi connectivity index (χ1v) is 4.68. The minimum atomic E-state index is -0.0748. The lowest BCUT2D eigenvalue weighted by Crippen LogP contribution is -2.37. The zero-order valence-corrected chi connectivity index (χ0v) is 8.84. The number of nitrogens with two attached hydrogens (primary N) is 1. The summed E-state index contributed by atoms with van der Waals surface area (Å²) in [5, 5.41) is 11.7. The summed E-state index contributed by atoms with van der Waals surface area (Å²) in [6.07, 6.45) is 1.54. The summed E-state index contributed by atoms with van der Waals surface area (Å²) in [6.45, 7) is 2.04. The Morgan fingerprint density at radius 1 is 1.57 bits per heavy atom. The van der Waals surface area contributed by atoms with Crippen LogP contribution < -0.4 is 5.73 Å². The molecule has 6 nitrogen and oxygen atoms in total. The molecular formula is C8H17N5O. The Morgan fingerprint density at radius 3 is 2.71 bits per heavy atom. The van der Waals surface area contributed by atoms with Crippen molar-refractivity contribution < 1.29 is 4.74 Å². The van der Waals surface area contributed by atoms with E-state index in [2.05, 4.69) is 15.4 Å². The van der Waals surface area contributed by atoms with Crippen LogP contribution >= 0.6 is 0 Å². The molecule has 0 aromatic carbocycles. The summed E-state index contributed by atoms with van der Waals surface area (Å²) >= 11 is 0. The molecule has 0 aliphatic rings. The second kappa shape index (κ2) is 5.02. The largest absolute Gasteiger partial charge is 0.380 e. The van der Waals surface area contributed by atoms with Crippen LogP contribution in [0.5, 0.6) is 0 Å². The molecular weight excluding hydrogens is 182 g/mol. The van der Waals surface area contributed by atoms with Crippen molar-refractivity contribution in [1.29, 1.82) is 0 Å². The summed E-state index contributed by atoms with van der Waals surface area (Å²) < 4.78 is 5.23. The number of methoxy groups -OCH3 is 1. The minimum absolute atomic E-state index is 0.0545. The van der Waals surface area contributed by atoms with E-state index in [1.165, 1.54) is 4.80 Å². The number of ether oxygens (including phenoxy) is 1. The topological polar surface area (TPSA) is 78.9 Å². The Hall–Kier alpha value is -1.01. The summed E-state index contributed by atoms with van der Waals surface area (Å²) in [4.78, 5) is 1.43. The Labute approximate surface area is 83.4 Å². The van der Waals surface area contributed by atoms with E-state index < -0.39 is 0 Å². The number of aromatic nitrogens is 4. The van der Waals surface area contributed by atoms with E-state index in [9.17, 15) is 0 Å². The van der Waals surface area contributed by atoms with Gasteiger partial charge in [0, 0.05) is 19.6 Å². The van der Waals surface area contributed by atoms with Gasteiger partial charge in [0.2, 0.25) is 0 Å². The van der Waals surface area contributed by atoms with Gasteiger partial charge < -0.3 is 10.5 Å². The predicted molar refractivity (Wildman–Crippen MR) is 51.6 cm³/mol. The predicted octanol–water partition coefficient (Wildman–Crippen LogP) is -0.495. The summed E-state index contributed by atoms with van der Waals surface area (Å²) in [5.41, 5.74) is 5.94. The van der Waals surface area contributed by atoms with Crippen molar-refractivity contribution in [3.63, 3.8) is 0 Å². The van der Waals surface area contributed by atoms with Gasteiger partial charge in [0.1, 0.15) is 0 Å². The van der Waals surface area contributed by atoms with Crippen LogP contribution in [0.25, 0.3) is 0 Å². The zero-order valence-electron chi connectivity index (χ0n) is 8.84. The molecule has 14 heavy (non-hydrogen) atoms. The van der Waals surface area contributed by atoms with Crippen molar-refractivity contribution in [2.75, 3.05) is 7.11 Å². The molecule has 80 valence electrons. The number of hydrogen-bond donors (Lipinski definition) is 1. The first-order chi connectivity index (χ1) is 6.67. The van der Waals surface area contributed by atoms with Crippen molar-refractivity contribution in [2.24, 2.45) is 12.8 Å². The average Bonchev–Trinajstić information content (AvgIpc) is 2.53. The number of aryl methyl sites for hydroxylation is 1. The third-order valence-corrected chi connectivity index (χ3v) is 2.15. The lowest BCUT2D eigenvalue weighted by molar-refractivity contribution is 0.0767. The van der Waals surface area contributed by atoms with Crippen LogP contribution in [0.4, 0.5) is 0 Å². The molecule has 0 saturated heterocycles. The van der Waals surface area contributed by atoms with Crippen molar-refractivity contribution in [3.8, 4) is 0 Å². The van der Waals surface area contributed by atoms with E-state index in [-0.39, 0.29) is 12.1 Å². The Morgan fingerprint density at radius 2 is 2.29 bits per heavy atom. The second-order valence-electron chi connectivity index (χ2n) is 3.25. The maximum absolute atomic E-state index is 5.94. The van der Waals surface area contributed by atoms with E-state index >= 15 is 0 Å². The molecule has 6 heteroatoms. The highest BCUT2D eigenvalue weighted by Crippen LogP contribution is 2.04. The average molecular weight is 199 g/mol. The molecule has 2 unspecified atom stereocenters. The maximum atomic E-state index is 5.94. The van der Waals surface area contributed by atoms with Crippen LogP contribution in [0.3, 0.4) is 0 Å². The fourth-order valence-electron chi connectivity index (χ4n) is 1.39. The van der Waals surface area contributed by atoms with Crippen LogP contribution in [0.2, 0.25) is 0 Å². The second-order valence-corrected chi connectivity index (χ2v) is 3.25. The molecule has 0 fully saturated rings. The number of rotatable bonds is 5. The smallest absolute Gasteiger partial charge is 0.176 e. The molecule has 1 aromatic heterocycles. The molecule has 1 aromatic rings. The molecule has 0 bridgehead atoms. The van der Waals surface area contributed by atoms with Crippen molar-refractivity contribution >= 4 is 0 Å². The van der Waals surface area contributed by atoms with Crippen LogP contribution in [0, 0.1) is 0 Å².